The molecule has 1 aromatic heterocycles. The molecule has 0 unspecified atom stereocenters. The predicted octanol–water partition coefficient (Wildman–Crippen LogP) is 2.42. The molecule has 0 radical (unpaired) electrons. The first-order chi connectivity index (χ1) is 6.43. The maximum atomic E-state index is 11.1. The first kappa shape index (κ1) is 11.4. The van der Waals surface area contributed by atoms with Gasteiger partial charge < -0.3 is 0 Å². The van der Waals surface area contributed by atoms with Crippen LogP contribution in [0.1, 0.15) is 4.88 Å². The van der Waals surface area contributed by atoms with E-state index in [0.29, 0.717) is 0 Å². The average molecular weight is 292 g/mol. The second-order valence-corrected chi connectivity index (χ2v) is 6.40. The van der Waals surface area contributed by atoms with E-state index in [-0.39, 0.29) is 4.91 Å². The summed E-state index contributed by atoms with van der Waals surface area (Å²) in [6.07, 6.45) is 2.38. The zero-order chi connectivity index (χ0) is 10.8. The van der Waals surface area contributed by atoms with E-state index in [1.807, 2.05) is 5.38 Å². The molecule has 1 rings (SSSR count). The van der Waals surface area contributed by atoms with E-state index in [0.717, 1.165) is 15.6 Å². The molecule has 0 fully saturated rings. The summed E-state index contributed by atoms with van der Waals surface area (Å²) in [5.41, 5.74) is 0. The van der Waals surface area contributed by atoms with Gasteiger partial charge in [-0.05, 0) is 28.1 Å². The van der Waals surface area contributed by atoms with E-state index in [4.69, 9.17) is 5.26 Å². The van der Waals surface area contributed by atoms with Crippen LogP contribution in [-0.4, -0.2) is 14.7 Å². The summed E-state index contributed by atoms with van der Waals surface area (Å²) in [4.78, 5) is 0.519. The van der Waals surface area contributed by atoms with Crippen LogP contribution in [-0.2, 0) is 9.84 Å². The van der Waals surface area contributed by atoms with E-state index in [1.54, 1.807) is 12.1 Å². The van der Waals surface area contributed by atoms with Gasteiger partial charge in [-0.3, -0.25) is 0 Å². The van der Waals surface area contributed by atoms with E-state index >= 15 is 0 Å². The minimum absolute atomic E-state index is 0.216. The Hall–Kier alpha value is -0.640. The van der Waals surface area contributed by atoms with Crippen molar-refractivity contribution < 1.29 is 8.42 Å². The van der Waals surface area contributed by atoms with Crippen molar-refractivity contribution in [2.45, 2.75) is 0 Å². The van der Waals surface area contributed by atoms with Crippen LogP contribution in [0.2, 0.25) is 0 Å². The van der Waals surface area contributed by atoms with Gasteiger partial charge in [0.2, 0.25) is 0 Å². The minimum atomic E-state index is -3.41. The molecule has 0 amide bonds. The van der Waals surface area contributed by atoms with Gasteiger partial charge in [0.15, 0.2) is 9.84 Å². The fourth-order valence-corrected chi connectivity index (χ4v) is 2.71. The van der Waals surface area contributed by atoms with Gasteiger partial charge in [-0.1, -0.05) is 0 Å². The maximum Gasteiger partial charge on any atom is 0.185 e. The number of nitriles is 1. The lowest BCUT2D eigenvalue weighted by molar-refractivity contribution is 0.609. The zero-order valence-electron chi connectivity index (χ0n) is 7.19. The third kappa shape index (κ3) is 2.94. The third-order valence-electron chi connectivity index (χ3n) is 1.37. The molecule has 1 heterocycles. The minimum Gasteiger partial charge on any atom is -0.223 e. The van der Waals surface area contributed by atoms with Crippen LogP contribution in [0.25, 0.3) is 6.08 Å². The number of hydrogen-bond acceptors (Lipinski definition) is 4. The van der Waals surface area contributed by atoms with Crippen molar-refractivity contribution in [3.63, 3.8) is 0 Å². The lowest BCUT2D eigenvalue weighted by Crippen LogP contribution is -1.97. The summed E-state index contributed by atoms with van der Waals surface area (Å²) >= 11 is 4.61. The Bertz CT molecular complexity index is 508. The van der Waals surface area contributed by atoms with Crippen molar-refractivity contribution in [1.82, 2.24) is 0 Å². The van der Waals surface area contributed by atoms with Crippen LogP contribution in [0, 0.1) is 11.3 Å². The van der Waals surface area contributed by atoms with Crippen molar-refractivity contribution in [3.05, 3.63) is 25.7 Å². The molecule has 0 aliphatic heterocycles. The first-order valence-electron chi connectivity index (χ1n) is 3.49. The number of rotatable bonds is 2. The second kappa shape index (κ2) is 4.26. The third-order valence-corrected chi connectivity index (χ3v) is 4.02. The molecule has 0 atom stereocenters. The number of thiophene rings is 1. The van der Waals surface area contributed by atoms with Gasteiger partial charge in [-0.2, -0.15) is 5.26 Å². The molecule has 6 heteroatoms. The Balaban J connectivity index is 3.16. The van der Waals surface area contributed by atoms with Crippen molar-refractivity contribution in [2.75, 3.05) is 6.26 Å². The number of allylic oxidation sites excluding steroid dienone is 1. The highest BCUT2D eigenvalue weighted by Crippen LogP contribution is 2.22. The number of hydrogen-bond donors (Lipinski definition) is 0. The summed E-state index contributed by atoms with van der Waals surface area (Å²) in [5, 5.41) is 10.4. The molecule has 0 aromatic carbocycles. The summed E-state index contributed by atoms with van der Waals surface area (Å²) in [6, 6.07) is 3.42. The molecular formula is C8H6BrNO2S2. The van der Waals surface area contributed by atoms with Gasteiger partial charge in [0.1, 0.15) is 11.0 Å². The smallest absolute Gasteiger partial charge is 0.185 e. The highest BCUT2D eigenvalue weighted by molar-refractivity contribution is 9.10. The zero-order valence-corrected chi connectivity index (χ0v) is 10.4. The van der Waals surface area contributed by atoms with Crippen LogP contribution in [0.15, 0.2) is 20.8 Å². The van der Waals surface area contributed by atoms with E-state index < -0.39 is 9.84 Å². The molecule has 0 saturated heterocycles. The SMILES string of the molecule is CS(=O)(=O)/C(C#N)=C/c1cc(Br)cs1. The standard InChI is InChI=1S/C8H6BrNO2S2/c1-14(11,12)8(4-10)3-7-2-6(9)5-13-7/h2-3,5H,1H3/b8-3+. The van der Waals surface area contributed by atoms with Gasteiger partial charge in [0.25, 0.3) is 0 Å². The lowest BCUT2D eigenvalue weighted by atomic mass is 10.4. The highest BCUT2D eigenvalue weighted by atomic mass is 79.9. The second-order valence-electron chi connectivity index (χ2n) is 2.56. The molecule has 14 heavy (non-hydrogen) atoms. The van der Waals surface area contributed by atoms with Crippen LogP contribution in [0.3, 0.4) is 0 Å². The fourth-order valence-electron chi connectivity index (χ4n) is 0.755. The van der Waals surface area contributed by atoms with E-state index in [2.05, 4.69) is 15.9 Å². The van der Waals surface area contributed by atoms with Crippen LogP contribution < -0.4 is 0 Å². The number of halogens is 1. The molecule has 74 valence electrons. The maximum absolute atomic E-state index is 11.1. The molecule has 0 N–H and O–H groups in total. The normalized spacial score (nSPS) is 12.5. The monoisotopic (exact) mass is 291 g/mol. The molecule has 0 bridgehead atoms. The Morgan fingerprint density at radius 2 is 2.36 bits per heavy atom. The van der Waals surface area contributed by atoms with Crippen molar-refractivity contribution >= 4 is 43.2 Å². The van der Waals surface area contributed by atoms with Gasteiger partial charge in [0, 0.05) is 21.0 Å². The number of nitrogens with zero attached hydrogens (tertiary/aromatic N) is 1. The molecule has 0 saturated carbocycles. The molecule has 1 aromatic rings. The molecule has 0 spiro atoms. The Morgan fingerprint density at radius 1 is 1.71 bits per heavy atom. The van der Waals surface area contributed by atoms with Crippen LogP contribution >= 0.6 is 27.3 Å². The summed E-state index contributed by atoms with van der Waals surface area (Å²) in [6.45, 7) is 0. The summed E-state index contributed by atoms with van der Waals surface area (Å²) < 4.78 is 23.0. The highest BCUT2D eigenvalue weighted by Gasteiger charge is 2.10. The Labute approximate surface area is 94.7 Å². The van der Waals surface area contributed by atoms with Crippen molar-refractivity contribution in [2.24, 2.45) is 0 Å². The van der Waals surface area contributed by atoms with E-state index in [1.165, 1.54) is 17.4 Å². The summed E-state index contributed by atoms with van der Waals surface area (Å²) in [7, 11) is -3.41. The molecule has 0 aliphatic rings. The van der Waals surface area contributed by atoms with E-state index in [9.17, 15) is 8.42 Å². The molecule has 0 aliphatic carbocycles. The van der Waals surface area contributed by atoms with Crippen molar-refractivity contribution in [3.8, 4) is 6.07 Å². The summed E-state index contributed by atoms with van der Waals surface area (Å²) in [5.74, 6) is 0. The van der Waals surface area contributed by atoms with Crippen LogP contribution in [0.5, 0.6) is 0 Å². The van der Waals surface area contributed by atoms with Gasteiger partial charge in [-0.25, -0.2) is 8.42 Å². The quantitative estimate of drug-likeness (QED) is 0.787. The molecular weight excluding hydrogens is 286 g/mol. The van der Waals surface area contributed by atoms with Crippen molar-refractivity contribution in [1.29, 1.82) is 5.26 Å². The topological polar surface area (TPSA) is 57.9 Å². The van der Waals surface area contributed by atoms with Gasteiger partial charge in [0.05, 0.1) is 0 Å². The van der Waals surface area contributed by atoms with Gasteiger partial charge in [-0.15, -0.1) is 11.3 Å². The lowest BCUT2D eigenvalue weighted by Gasteiger charge is -1.91. The first-order valence-corrected chi connectivity index (χ1v) is 7.06. The Morgan fingerprint density at radius 3 is 2.71 bits per heavy atom. The number of sulfone groups is 1. The fraction of sp³-hybridized carbons (Fsp3) is 0.125. The van der Waals surface area contributed by atoms with Crippen LogP contribution in [0.4, 0.5) is 0 Å². The Kier molecular flexibility index (Phi) is 3.48. The largest absolute Gasteiger partial charge is 0.223 e. The predicted molar refractivity (Wildman–Crippen MR) is 60.5 cm³/mol. The molecule has 3 nitrogen and oxygen atoms in total. The van der Waals surface area contributed by atoms with Gasteiger partial charge >= 0.3 is 0 Å². The average Bonchev–Trinajstić information content (AvgIpc) is 2.45.